The Morgan fingerprint density at radius 1 is 1.33 bits per heavy atom. The van der Waals surface area contributed by atoms with E-state index in [1.165, 1.54) is 31.4 Å². The molecule has 0 spiro atoms. The van der Waals surface area contributed by atoms with E-state index < -0.39 is 0 Å². The molecule has 15 heavy (non-hydrogen) atoms. The van der Waals surface area contributed by atoms with Crippen molar-refractivity contribution in [2.45, 2.75) is 45.6 Å². The molecule has 1 fully saturated rings. The molecule has 1 saturated carbocycles. The van der Waals surface area contributed by atoms with Crippen LogP contribution in [0.15, 0.2) is 0 Å². The normalized spacial score (nSPS) is 32.2. The van der Waals surface area contributed by atoms with Gasteiger partial charge in [0.05, 0.1) is 0 Å². The van der Waals surface area contributed by atoms with Crippen LogP contribution in [0.4, 0.5) is 0 Å². The van der Waals surface area contributed by atoms with Crippen molar-refractivity contribution in [3.05, 3.63) is 0 Å². The van der Waals surface area contributed by atoms with Crippen molar-refractivity contribution in [3.63, 3.8) is 0 Å². The molecule has 0 aromatic carbocycles. The molecule has 0 amide bonds. The monoisotopic (exact) mass is 229 g/mol. The van der Waals surface area contributed by atoms with Crippen LogP contribution < -0.4 is 5.32 Å². The summed E-state index contributed by atoms with van der Waals surface area (Å²) in [6, 6.07) is 0.784. The van der Waals surface area contributed by atoms with Crippen molar-refractivity contribution in [2.24, 2.45) is 17.8 Å². The molecule has 1 N–H and O–H groups in total. The molecule has 0 aromatic rings. The number of hydrogen-bond acceptors (Lipinski definition) is 2. The quantitative estimate of drug-likeness (QED) is 0.775. The van der Waals surface area contributed by atoms with Crippen LogP contribution >= 0.6 is 11.8 Å². The van der Waals surface area contributed by atoms with Crippen molar-refractivity contribution in [3.8, 4) is 0 Å². The first-order valence-corrected chi connectivity index (χ1v) is 7.74. The van der Waals surface area contributed by atoms with E-state index in [1.807, 2.05) is 11.8 Å². The molecule has 0 bridgehead atoms. The Labute approximate surface area is 99.8 Å². The van der Waals surface area contributed by atoms with E-state index >= 15 is 0 Å². The third-order valence-electron chi connectivity index (χ3n) is 4.03. The van der Waals surface area contributed by atoms with Gasteiger partial charge in [-0.3, -0.25) is 0 Å². The Kier molecular flexibility index (Phi) is 6.06. The average Bonchev–Trinajstić information content (AvgIpc) is 2.25. The van der Waals surface area contributed by atoms with Gasteiger partial charge in [-0.05, 0) is 62.5 Å². The molecule has 1 nitrogen and oxygen atoms in total. The van der Waals surface area contributed by atoms with Gasteiger partial charge in [0.2, 0.25) is 0 Å². The van der Waals surface area contributed by atoms with Gasteiger partial charge < -0.3 is 5.32 Å². The lowest BCUT2D eigenvalue weighted by molar-refractivity contribution is 0.170. The highest BCUT2D eigenvalue weighted by atomic mass is 32.2. The minimum Gasteiger partial charge on any atom is -0.317 e. The highest BCUT2D eigenvalue weighted by Crippen LogP contribution is 2.35. The largest absolute Gasteiger partial charge is 0.317 e. The SMILES string of the molecule is CNC1CCC(C(C)C)CC1CCSC. The zero-order valence-electron chi connectivity index (χ0n) is 10.8. The number of hydrogen-bond donors (Lipinski definition) is 1. The van der Waals surface area contributed by atoms with Crippen LogP contribution in [0.5, 0.6) is 0 Å². The topological polar surface area (TPSA) is 12.0 Å². The molecule has 1 rings (SSSR count). The lowest BCUT2D eigenvalue weighted by Gasteiger charge is -2.37. The van der Waals surface area contributed by atoms with Gasteiger partial charge in [0.1, 0.15) is 0 Å². The van der Waals surface area contributed by atoms with Gasteiger partial charge in [0.25, 0.3) is 0 Å². The van der Waals surface area contributed by atoms with Crippen LogP contribution in [0.1, 0.15) is 39.5 Å². The van der Waals surface area contributed by atoms with Crippen LogP contribution in [0.2, 0.25) is 0 Å². The van der Waals surface area contributed by atoms with Crippen LogP contribution in [0.3, 0.4) is 0 Å². The maximum Gasteiger partial charge on any atom is 0.00928 e. The van der Waals surface area contributed by atoms with Gasteiger partial charge in [-0.2, -0.15) is 11.8 Å². The second-order valence-corrected chi connectivity index (χ2v) is 6.24. The van der Waals surface area contributed by atoms with Crippen molar-refractivity contribution >= 4 is 11.8 Å². The molecule has 0 radical (unpaired) electrons. The molecule has 2 heteroatoms. The van der Waals surface area contributed by atoms with E-state index in [1.54, 1.807) is 0 Å². The Morgan fingerprint density at radius 3 is 2.60 bits per heavy atom. The molecule has 0 aliphatic heterocycles. The predicted octanol–water partition coefficient (Wildman–Crippen LogP) is 3.40. The summed E-state index contributed by atoms with van der Waals surface area (Å²) in [6.45, 7) is 4.77. The van der Waals surface area contributed by atoms with E-state index in [4.69, 9.17) is 0 Å². The zero-order valence-corrected chi connectivity index (χ0v) is 11.6. The summed E-state index contributed by atoms with van der Waals surface area (Å²) in [4.78, 5) is 0. The smallest absolute Gasteiger partial charge is 0.00928 e. The molecule has 90 valence electrons. The minimum absolute atomic E-state index is 0.784. The highest BCUT2D eigenvalue weighted by molar-refractivity contribution is 7.98. The fraction of sp³-hybridized carbons (Fsp3) is 1.00. The molecule has 1 aliphatic carbocycles. The molecule has 3 unspecified atom stereocenters. The van der Waals surface area contributed by atoms with Crippen molar-refractivity contribution in [1.82, 2.24) is 5.32 Å². The molecule has 0 heterocycles. The molecular weight excluding hydrogens is 202 g/mol. The Bertz CT molecular complexity index is 170. The maximum absolute atomic E-state index is 3.51. The summed E-state index contributed by atoms with van der Waals surface area (Å²) in [5.74, 6) is 4.10. The third kappa shape index (κ3) is 3.99. The van der Waals surface area contributed by atoms with Gasteiger partial charge in [-0.1, -0.05) is 13.8 Å². The van der Waals surface area contributed by atoms with E-state index in [0.29, 0.717) is 0 Å². The van der Waals surface area contributed by atoms with Gasteiger partial charge in [-0.15, -0.1) is 0 Å². The van der Waals surface area contributed by atoms with Crippen molar-refractivity contribution < 1.29 is 0 Å². The van der Waals surface area contributed by atoms with Crippen LogP contribution in [-0.2, 0) is 0 Å². The summed E-state index contributed by atoms with van der Waals surface area (Å²) in [6.07, 6.45) is 7.88. The standard InChI is InChI=1S/C13H27NS/c1-10(2)11-5-6-13(14-3)12(9-11)7-8-15-4/h10-14H,5-9H2,1-4H3. The molecule has 0 saturated heterocycles. The lowest BCUT2D eigenvalue weighted by atomic mass is 9.73. The molecule has 3 atom stereocenters. The Balaban J connectivity index is 2.45. The number of thioether (sulfide) groups is 1. The summed E-state index contributed by atoms with van der Waals surface area (Å²) >= 11 is 1.99. The van der Waals surface area contributed by atoms with Crippen LogP contribution in [0.25, 0.3) is 0 Å². The van der Waals surface area contributed by atoms with Crippen LogP contribution in [-0.4, -0.2) is 25.1 Å². The van der Waals surface area contributed by atoms with E-state index in [0.717, 1.165) is 23.8 Å². The number of nitrogens with one attached hydrogen (secondary N) is 1. The summed E-state index contributed by atoms with van der Waals surface area (Å²) < 4.78 is 0. The summed E-state index contributed by atoms with van der Waals surface area (Å²) in [7, 11) is 2.13. The van der Waals surface area contributed by atoms with Crippen molar-refractivity contribution in [1.29, 1.82) is 0 Å². The summed E-state index contributed by atoms with van der Waals surface area (Å²) in [5.41, 5.74) is 0. The third-order valence-corrected chi connectivity index (χ3v) is 4.67. The minimum atomic E-state index is 0.784. The first-order chi connectivity index (χ1) is 7.19. The summed E-state index contributed by atoms with van der Waals surface area (Å²) in [5, 5.41) is 3.51. The zero-order chi connectivity index (χ0) is 11.3. The number of rotatable bonds is 5. The molecule has 0 aromatic heterocycles. The Morgan fingerprint density at radius 2 is 2.07 bits per heavy atom. The van der Waals surface area contributed by atoms with E-state index in [2.05, 4.69) is 32.5 Å². The van der Waals surface area contributed by atoms with Gasteiger partial charge in [-0.25, -0.2) is 0 Å². The lowest BCUT2D eigenvalue weighted by Crippen LogP contribution is -2.39. The van der Waals surface area contributed by atoms with Gasteiger partial charge >= 0.3 is 0 Å². The van der Waals surface area contributed by atoms with Crippen LogP contribution in [0, 0.1) is 17.8 Å². The predicted molar refractivity (Wildman–Crippen MR) is 71.5 cm³/mol. The van der Waals surface area contributed by atoms with Gasteiger partial charge in [0.15, 0.2) is 0 Å². The Hall–Kier alpha value is 0.310. The fourth-order valence-electron chi connectivity index (χ4n) is 2.87. The molecular formula is C13H27NS. The second kappa shape index (κ2) is 6.80. The molecule has 1 aliphatic rings. The maximum atomic E-state index is 3.51. The van der Waals surface area contributed by atoms with Crippen molar-refractivity contribution in [2.75, 3.05) is 19.1 Å². The first kappa shape index (κ1) is 13.4. The fourth-order valence-corrected chi connectivity index (χ4v) is 3.41. The average molecular weight is 229 g/mol. The van der Waals surface area contributed by atoms with E-state index in [9.17, 15) is 0 Å². The highest BCUT2D eigenvalue weighted by Gasteiger charge is 2.30. The van der Waals surface area contributed by atoms with E-state index in [-0.39, 0.29) is 0 Å². The second-order valence-electron chi connectivity index (χ2n) is 5.25. The first-order valence-electron chi connectivity index (χ1n) is 6.35. The van der Waals surface area contributed by atoms with Gasteiger partial charge in [0, 0.05) is 6.04 Å².